The summed E-state index contributed by atoms with van der Waals surface area (Å²) in [5, 5.41) is 0.582. The number of anilines is 2. The van der Waals surface area contributed by atoms with E-state index < -0.39 is 10.0 Å². The predicted octanol–water partition coefficient (Wildman–Crippen LogP) is 5.75. The zero-order valence-electron chi connectivity index (χ0n) is 16.2. The number of thioether (sulfide) groups is 1. The van der Waals surface area contributed by atoms with Crippen LogP contribution in [0.5, 0.6) is 5.75 Å². The van der Waals surface area contributed by atoms with Crippen molar-refractivity contribution in [3.05, 3.63) is 78.4 Å². The van der Waals surface area contributed by atoms with E-state index in [1.165, 1.54) is 24.9 Å². The number of nitrogens with one attached hydrogen (secondary N) is 1. The minimum Gasteiger partial charge on any atom is -0.497 e. The summed E-state index contributed by atoms with van der Waals surface area (Å²) in [6.45, 7) is 0. The lowest BCUT2D eigenvalue weighted by Crippen LogP contribution is -2.13. The third-order valence-electron chi connectivity index (χ3n) is 4.44. The highest BCUT2D eigenvalue weighted by atomic mass is 32.2. The molecule has 0 bridgehead atoms. The lowest BCUT2D eigenvalue weighted by Gasteiger charge is -2.13. The third kappa shape index (κ3) is 5.15. The Balaban J connectivity index is 0.00000272. The first-order valence-electron chi connectivity index (χ1n) is 9.11. The molecule has 0 aliphatic carbocycles. The minimum atomic E-state index is -3.92. The van der Waals surface area contributed by atoms with E-state index in [0.29, 0.717) is 28.5 Å². The Bertz CT molecular complexity index is 1270. The Kier molecular flexibility index (Phi) is 6.82. The van der Waals surface area contributed by atoms with Crippen molar-refractivity contribution in [1.29, 1.82) is 0 Å². The van der Waals surface area contributed by atoms with Gasteiger partial charge in [0.25, 0.3) is 10.0 Å². The van der Waals surface area contributed by atoms with Gasteiger partial charge in [-0.05, 0) is 35.9 Å². The number of hydrogen-bond donors (Lipinski definition) is 2. The first-order valence-corrected chi connectivity index (χ1v) is 11.6. The number of hydrogen-bond acceptors (Lipinski definition) is 6. The third-order valence-corrected chi connectivity index (χ3v) is 6.81. The zero-order chi connectivity index (χ0) is 21.1. The largest absolute Gasteiger partial charge is 0.497 e. The number of fused-ring (bicyclic) bond motifs is 1. The fraction of sp³-hybridized carbons (Fsp3) is 0.130. The number of methoxy groups -OCH3 is 1. The molecule has 31 heavy (non-hydrogen) atoms. The summed E-state index contributed by atoms with van der Waals surface area (Å²) in [6, 6.07) is 21.5. The molecule has 4 aromatic rings. The highest BCUT2D eigenvalue weighted by Crippen LogP contribution is 2.35. The number of ether oxygens (including phenoxy) is 1. The van der Waals surface area contributed by atoms with Crippen molar-refractivity contribution in [3.8, 4) is 5.75 Å². The summed E-state index contributed by atoms with van der Waals surface area (Å²) in [4.78, 5) is 0.762. The van der Waals surface area contributed by atoms with E-state index in [0.717, 1.165) is 15.8 Å². The van der Waals surface area contributed by atoms with Gasteiger partial charge in [-0.25, -0.2) is 0 Å². The van der Waals surface area contributed by atoms with E-state index in [1.807, 2.05) is 36.4 Å². The molecule has 0 fully saturated rings. The van der Waals surface area contributed by atoms with E-state index in [9.17, 15) is 8.42 Å². The molecule has 4 rings (SSSR count). The molecule has 8 heteroatoms. The molecule has 3 N–H and O–H groups in total. The van der Waals surface area contributed by atoms with Crippen molar-refractivity contribution in [2.24, 2.45) is 0 Å². The molecule has 0 saturated carbocycles. The molecule has 1 heterocycles. The van der Waals surface area contributed by atoms with Crippen LogP contribution in [0.1, 0.15) is 13.0 Å². The number of benzene rings is 3. The molecular formula is C23H24N2O4S2. The maximum absolute atomic E-state index is 13.0. The van der Waals surface area contributed by atoms with Crippen LogP contribution >= 0.6 is 11.8 Å². The number of nitrogens with two attached hydrogens (primary N) is 1. The van der Waals surface area contributed by atoms with Crippen LogP contribution in [-0.4, -0.2) is 15.5 Å². The highest BCUT2D eigenvalue weighted by Gasteiger charge is 2.21. The van der Waals surface area contributed by atoms with Crippen LogP contribution in [0, 0.1) is 0 Å². The van der Waals surface area contributed by atoms with Crippen molar-refractivity contribution in [2.45, 2.75) is 23.2 Å². The monoisotopic (exact) mass is 456 g/mol. The van der Waals surface area contributed by atoms with Gasteiger partial charge in [-0.1, -0.05) is 37.8 Å². The molecule has 0 spiro atoms. The lowest BCUT2D eigenvalue weighted by atomic mass is 10.2. The first-order chi connectivity index (χ1) is 14.4. The number of furan rings is 1. The van der Waals surface area contributed by atoms with Gasteiger partial charge >= 0.3 is 0 Å². The number of rotatable bonds is 7. The van der Waals surface area contributed by atoms with Crippen molar-refractivity contribution < 1.29 is 17.6 Å². The molecule has 6 nitrogen and oxygen atoms in total. The maximum Gasteiger partial charge on any atom is 0.295 e. The van der Waals surface area contributed by atoms with Crippen LogP contribution < -0.4 is 15.2 Å². The summed E-state index contributed by atoms with van der Waals surface area (Å²) in [7, 11) is -2.38. The van der Waals surface area contributed by atoms with Crippen LogP contribution in [0.4, 0.5) is 11.4 Å². The standard InChI is InChI=1S/C22H20N2O4S2.CH4/c1-27-18-9-10-21(29-14-15-5-4-7-17(23)11-15)19(13-18)24-30(25,26)22-12-16-6-2-3-8-20(16)28-22;/h2-13,24H,14,23H2,1H3;1H4. The van der Waals surface area contributed by atoms with Gasteiger partial charge in [-0.15, -0.1) is 11.8 Å². The Hall–Kier alpha value is -3.10. The summed E-state index contributed by atoms with van der Waals surface area (Å²) in [6.07, 6.45) is 0. The molecule has 0 aliphatic heterocycles. The predicted molar refractivity (Wildman–Crippen MR) is 127 cm³/mol. The quantitative estimate of drug-likeness (QED) is 0.271. The molecule has 162 valence electrons. The van der Waals surface area contributed by atoms with Gasteiger partial charge in [0.15, 0.2) is 0 Å². The summed E-state index contributed by atoms with van der Waals surface area (Å²) in [5.41, 5.74) is 8.51. The number of para-hydroxylation sites is 1. The molecule has 1 aromatic heterocycles. The van der Waals surface area contributed by atoms with Crippen LogP contribution in [-0.2, 0) is 15.8 Å². The molecule has 0 radical (unpaired) electrons. The average Bonchev–Trinajstić information content (AvgIpc) is 3.18. The second-order valence-corrected chi connectivity index (χ2v) is 9.24. The number of nitrogen functional groups attached to an aromatic ring is 1. The van der Waals surface area contributed by atoms with Crippen molar-refractivity contribution in [3.63, 3.8) is 0 Å². The Morgan fingerprint density at radius 2 is 1.84 bits per heavy atom. The minimum absolute atomic E-state index is 0. The van der Waals surface area contributed by atoms with Crippen LogP contribution in [0.2, 0.25) is 0 Å². The molecule has 3 aromatic carbocycles. The van der Waals surface area contributed by atoms with Gasteiger partial charge in [0, 0.05) is 33.9 Å². The van der Waals surface area contributed by atoms with Crippen molar-refractivity contribution >= 4 is 44.1 Å². The average molecular weight is 457 g/mol. The fourth-order valence-electron chi connectivity index (χ4n) is 2.97. The SMILES string of the molecule is C.COc1ccc(SCc2cccc(N)c2)c(NS(=O)(=O)c2cc3ccccc3o2)c1. The number of sulfonamides is 1. The van der Waals surface area contributed by atoms with E-state index >= 15 is 0 Å². The van der Waals surface area contributed by atoms with Gasteiger partial charge in [-0.2, -0.15) is 8.42 Å². The molecule has 0 saturated heterocycles. The normalized spacial score (nSPS) is 11.1. The second-order valence-electron chi connectivity index (χ2n) is 6.60. The zero-order valence-corrected chi connectivity index (χ0v) is 17.8. The summed E-state index contributed by atoms with van der Waals surface area (Å²) < 4.78 is 39.4. The van der Waals surface area contributed by atoms with Crippen LogP contribution in [0.25, 0.3) is 11.0 Å². The smallest absolute Gasteiger partial charge is 0.295 e. The molecular weight excluding hydrogens is 432 g/mol. The first kappa shape index (κ1) is 22.6. The summed E-state index contributed by atoms with van der Waals surface area (Å²) >= 11 is 1.50. The maximum atomic E-state index is 13.0. The van der Waals surface area contributed by atoms with E-state index in [1.54, 1.807) is 30.3 Å². The Morgan fingerprint density at radius 3 is 2.58 bits per heavy atom. The van der Waals surface area contributed by atoms with E-state index in [4.69, 9.17) is 14.9 Å². The molecule has 0 unspecified atom stereocenters. The highest BCUT2D eigenvalue weighted by molar-refractivity contribution is 7.98. The molecule has 0 atom stereocenters. The Morgan fingerprint density at radius 1 is 1.03 bits per heavy atom. The topological polar surface area (TPSA) is 94.6 Å². The second kappa shape index (κ2) is 9.36. The van der Waals surface area contributed by atoms with E-state index in [2.05, 4.69) is 4.72 Å². The summed E-state index contributed by atoms with van der Waals surface area (Å²) in [5.74, 6) is 1.18. The Labute approximate surface area is 186 Å². The van der Waals surface area contributed by atoms with Gasteiger partial charge in [0.05, 0.1) is 12.8 Å². The van der Waals surface area contributed by atoms with Gasteiger partial charge in [0.1, 0.15) is 11.3 Å². The lowest BCUT2D eigenvalue weighted by molar-refractivity contribution is 0.414. The van der Waals surface area contributed by atoms with Crippen molar-refractivity contribution in [2.75, 3.05) is 17.6 Å². The molecule has 0 aliphatic rings. The van der Waals surface area contributed by atoms with Gasteiger partial charge < -0.3 is 14.9 Å². The van der Waals surface area contributed by atoms with Gasteiger partial charge in [0.2, 0.25) is 5.09 Å². The van der Waals surface area contributed by atoms with Crippen LogP contribution in [0.15, 0.2) is 87.2 Å². The van der Waals surface area contributed by atoms with Gasteiger partial charge in [-0.3, -0.25) is 4.72 Å². The fourth-order valence-corrected chi connectivity index (χ4v) is 5.01. The van der Waals surface area contributed by atoms with Crippen LogP contribution in [0.3, 0.4) is 0 Å². The van der Waals surface area contributed by atoms with Crippen molar-refractivity contribution in [1.82, 2.24) is 0 Å². The van der Waals surface area contributed by atoms with E-state index in [-0.39, 0.29) is 12.5 Å². The molecule has 0 amide bonds.